The molecule has 10 nitrogen and oxygen atoms in total. The summed E-state index contributed by atoms with van der Waals surface area (Å²) >= 11 is 0. The molecule has 0 aliphatic carbocycles. The van der Waals surface area contributed by atoms with Crippen LogP contribution in [0, 0.1) is 0 Å². The lowest BCUT2D eigenvalue weighted by molar-refractivity contribution is -0.207. The number of carbonyl (C=O) groups is 2. The van der Waals surface area contributed by atoms with Crippen LogP contribution in [0.5, 0.6) is 0 Å². The van der Waals surface area contributed by atoms with E-state index in [1.807, 2.05) is 5.32 Å². The van der Waals surface area contributed by atoms with Gasteiger partial charge in [0.05, 0.1) is 11.5 Å². The van der Waals surface area contributed by atoms with Crippen LogP contribution in [0.2, 0.25) is 0 Å². The molecule has 0 fully saturated rings. The standard InChI is InChI=1S/C17H18F3N5O5S/c1-3-30-14(27)16(17(18,19)20,23-11(2)26)24-12-5-7-13(8-6-12)31(28,29)25-15-21-9-4-10-22-15/h4-10,24H,3H2,1-2H3,(H,23,26)(H,21,22,25)/t16-/m1/s1. The fourth-order valence-corrected chi connectivity index (χ4v) is 3.32. The van der Waals surface area contributed by atoms with Gasteiger partial charge in [-0.05, 0) is 37.3 Å². The molecule has 0 bridgehead atoms. The highest BCUT2D eigenvalue weighted by atomic mass is 32.2. The number of hydrogen-bond donors (Lipinski definition) is 3. The molecule has 0 aliphatic rings. The van der Waals surface area contributed by atoms with Crippen LogP contribution in [-0.4, -0.2) is 48.7 Å². The summed E-state index contributed by atoms with van der Waals surface area (Å²) in [6, 6.07) is 5.44. The predicted octanol–water partition coefficient (Wildman–Crippen LogP) is 1.65. The number of anilines is 2. The molecule has 3 N–H and O–H groups in total. The molecule has 2 rings (SSSR count). The van der Waals surface area contributed by atoms with Crippen molar-refractivity contribution in [3.05, 3.63) is 42.7 Å². The van der Waals surface area contributed by atoms with E-state index in [1.165, 1.54) is 25.4 Å². The number of alkyl halides is 3. The molecule has 1 aromatic heterocycles. The van der Waals surface area contributed by atoms with Crippen LogP contribution in [0.3, 0.4) is 0 Å². The Kier molecular flexibility index (Phi) is 7.05. The average molecular weight is 461 g/mol. The zero-order chi connectivity index (χ0) is 23.3. The number of sulfonamides is 1. The number of benzene rings is 1. The molecule has 0 saturated heterocycles. The largest absolute Gasteiger partial charge is 0.463 e. The summed E-state index contributed by atoms with van der Waals surface area (Å²) < 4.78 is 72.8. The Morgan fingerprint density at radius 3 is 2.16 bits per heavy atom. The van der Waals surface area contributed by atoms with E-state index < -0.39 is 33.7 Å². The first-order valence-electron chi connectivity index (χ1n) is 8.62. The second-order valence-electron chi connectivity index (χ2n) is 5.98. The monoisotopic (exact) mass is 461 g/mol. The number of aromatic nitrogens is 2. The molecular formula is C17H18F3N5O5S. The maximum Gasteiger partial charge on any atom is 0.441 e. The molecule has 0 radical (unpaired) electrons. The maximum atomic E-state index is 13.8. The van der Waals surface area contributed by atoms with Crippen LogP contribution in [-0.2, 0) is 24.3 Å². The first-order chi connectivity index (χ1) is 14.4. The number of rotatable bonds is 8. The summed E-state index contributed by atoms with van der Waals surface area (Å²) in [5.74, 6) is -3.13. The van der Waals surface area contributed by atoms with Crippen molar-refractivity contribution in [3.8, 4) is 0 Å². The number of esters is 1. The lowest BCUT2D eigenvalue weighted by atomic mass is 10.1. The topological polar surface area (TPSA) is 139 Å². The third-order valence-electron chi connectivity index (χ3n) is 3.66. The highest BCUT2D eigenvalue weighted by Crippen LogP contribution is 2.33. The molecule has 1 amide bonds. The molecule has 0 saturated carbocycles. The van der Waals surface area contributed by atoms with Crippen LogP contribution in [0.15, 0.2) is 47.6 Å². The fraction of sp³-hybridized carbons (Fsp3) is 0.294. The highest BCUT2D eigenvalue weighted by molar-refractivity contribution is 7.92. The molecule has 0 spiro atoms. The van der Waals surface area contributed by atoms with Crippen LogP contribution in [0.1, 0.15) is 13.8 Å². The maximum absolute atomic E-state index is 13.8. The van der Waals surface area contributed by atoms with Gasteiger partial charge in [0, 0.05) is 25.0 Å². The molecule has 0 aliphatic heterocycles. The average Bonchev–Trinajstić information content (AvgIpc) is 2.67. The summed E-state index contributed by atoms with van der Waals surface area (Å²) in [5, 5.41) is 3.45. The van der Waals surface area contributed by atoms with E-state index in [2.05, 4.69) is 19.4 Å². The highest BCUT2D eigenvalue weighted by Gasteiger charge is 2.63. The number of hydrogen-bond acceptors (Lipinski definition) is 8. The van der Waals surface area contributed by atoms with Gasteiger partial charge in [-0.2, -0.15) is 13.2 Å². The van der Waals surface area contributed by atoms with Gasteiger partial charge in [0.1, 0.15) is 0 Å². The molecule has 1 aromatic carbocycles. The molecule has 1 atom stereocenters. The molecule has 1 heterocycles. The lowest BCUT2D eigenvalue weighted by Gasteiger charge is -2.35. The van der Waals surface area contributed by atoms with Crippen molar-refractivity contribution >= 4 is 33.5 Å². The van der Waals surface area contributed by atoms with Crippen molar-refractivity contribution in [1.82, 2.24) is 15.3 Å². The number of ether oxygens (including phenoxy) is 1. The van der Waals surface area contributed by atoms with Gasteiger partial charge < -0.3 is 15.4 Å². The van der Waals surface area contributed by atoms with Crippen LogP contribution < -0.4 is 15.4 Å². The second kappa shape index (κ2) is 9.16. The summed E-state index contributed by atoms with van der Waals surface area (Å²) in [7, 11) is -4.13. The van der Waals surface area contributed by atoms with E-state index in [9.17, 15) is 31.2 Å². The van der Waals surface area contributed by atoms with Crippen molar-refractivity contribution in [2.75, 3.05) is 16.6 Å². The molecule has 2 aromatic rings. The van der Waals surface area contributed by atoms with Crippen molar-refractivity contribution in [2.45, 2.75) is 30.6 Å². The number of nitrogens with one attached hydrogen (secondary N) is 3. The van der Waals surface area contributed by atoms with Gasteiger partial charge in [0.25, 0.3) is 10.0 Å². The van der Waals surface area contributed by atoms with Gasteiger partial charge in [0.2, 0.25) is 11.9 Å². The van der Waals surface area contributed by atoms with Gasteiger partial charge in [-0.25, -0.2) is 27.9 Å². The van der Waals surface area contributed by atoms with Crippen LogP contribution in [0.4, 0.5) is 24.8 Å². The quantitative estimate of drug-likeness (QED) is 0.398. The Labute approximate surface area is 175 Å². The fourth-order valence-electron chi connectivity index (χ4n) is 2.36. The van der Waals surface area contributed by atoms with E-state index in [0.717, 1.165) is 31.2 Å². The SMILES string of the molecule is CCOC(=O)[C@@](NC(C)=O)(Nc1ccc(S(=O)(=O)Nc2ncccn2)cc1)C(F)(F)F. The Morgan fingerprint density at radius 1 is 1.10 bits per heavy atom. The lowest BCUT2D eigenvalue weighted by Crippen LogP contribution is -2.69. The van der Waals surface area contributed by atoms with Crippen molar-refractivity contribution in [2.24, 2.45) is 0 Å². The van der Waals surface area contributed by atoms with Gasteiger partial charge in [-0.3, -0.25) is 4.79 Å². The van der Waals surface area contributed by atoms with Gasteiger partial charge in [-0.1, -0.05) is 0 Å². The normalized spacial score (nSPS) is 13.6. The first kappa shape index (κ1) is 23.9. The van der Waals surface area contributed by atoms with Crippen molar-refractivity contribution < 1.29 is 35.9 Å². The molecule has 31 heavy (non-hydrogen) atoms. The van der Waals surface area contributed by atoms with E-state index in [0.29, 0.717) is 0 Å². The Hall–Kier alpha value is -3.42. The molecule has 168 valence electrons. The third kappa shape index (κ3) is 5.59. The van der Waals surface area contributed by atoms with E-state index in [-0.39, 0.29) is 23.1 Å². The Balaban J connectivity index is 2.36. The number of carbonyl (C=O) groups excluding carboxylic acids is 2. The van der Waals surface area contributed by atoms with Crippen LogP contribution >= 0.6 is 0 Å². The van der Waals surface area contributed by atoms with Gasteiger partial charge in [0.15, 0.2) is 0 Å². The van der Waals surface area contributed by atoms with E-state index >= 15 is 0 Å². The van der Waals surface area contributed by atoms with Gasteiger partial charge >= 0.3 is 17.8 Å². The first-order valence-corrected chi connectivity index (χ1v) is 10.1. The zero-order valence-corrected chi connectivity index (χ0v) is 17.0. The summed E-state index contributed by atoms with van der Waals surface area (Å²) in [6.07, 6.45) is -2.67. The molecule has 14 heteroatoms. The van der Waals surface area contributed by atoms with E-state index in [1.54, 1.807) is 5.32 Å². The summed E-state index contributed by atoms with van der Waals surface area (Å²) in [4.78, 5) is 30.7. The molecule has 0 unspecified atom stereocenters. The van der Waals surface area contributed by atoms with Crippen molar-refractivity contribution in [1.29, 1.82) is 0 Å². The van der Waals surface area contributed by atoms with Crippen LogP contribution in [0.25, 0.3) is 0 Å². The minimum absolute atomic E-state index is 0.200. The summed E-state index contributed by atoms with van der Waals surface area (Å²) in [6.45, 7) is 1.73. The van der Waals surface area contributed by atoms with Gasteiger partial charge in [-0.15, -0.1) is 0 Å². The van der Waals surface area contributed by atoms with Crippen molar-refractivity contribution in [3.63, 3.8) is 0 Å². The Morgan fingerprint density at radius 2 is 1.68 bits per heavy atom. The molecular weight excluding hydrogens is 443 g/mol. The van der Waals surface area contributed by atoms with E-state index in [4.69, 9.17) is 0 Å². The predicted molar refractivity (Wildman–Crippen MR) is 102 cm³/mol. The Bertz CT molecular complexity index is 1030. The number of nitrogens with zero attached hydrogens (tertiary/aromatic N) is 2. The number of halogens is 3. The number of amides is 1. The minimum atomic E-state index is -5.29. The zero-order valence-electron chi connectivity index (χ0n) is 16.2. The smallest absolute Gasteiger partial charge is 0.441 e. The summed E-state index contributed by atoms with van der Waals surface area (Å²) in [5.41, 5.74) is -3.89. The minimum Gasteiger partial charge on any atom is -0.463 e. The second-order valence-corrected chi connectivity index (χ2v) is 7.66. The third-order valence-corrected chi connectivity index (χ3v) is 5.00.